The molecule has 0 saturated carbocycles. The summed E-state index contributed by atoms with van der Waals surface area (Å²) in [7, 11) is 0. The van der Waals surface area contributed by atoms with Gasteiger partial charge in [0.05, 0.1) is 4.91 Å². The minimum absolute atomic E-state index is 0.813. The molecule has 40 valence electrons. The number of allylic oxidation sites excluding steroid dienone is 3. The smallest absolute Gasteiger partial charge is 0.106 e. The highest BCUT2D eigenvalue weighted by atomic mass is 32.2. The van der Waals surface area contributed by atoms with Crippen molar-refractivity contribution in [3.05, 3.63) is 23.1 Å². The zero-order valence-electron chi connectivity index (χ0n) is 4.29. The molecule has 0 aromatic carbocycles. The van der Waals surface area contributed by atoms with Crippen LogP contribution in [0.2, 0.25) is 0 Å². The number of thioether (sulfide) groups is 1. The molecule has 0 unspecified atom stereocenters. The SMILES string of the molecule is N#CC1=CC=CCS1. The lowest BCUT2D eigenvalue weighted by Gasteiger charge is -1.95. The first kappa shape index (κ1) is 5.46. The van der Waals surface area contributed by atoms with Crippen molar-refractivity contribution in [2.45, 2.75) is 0 Å². The molecular weight excluding hydrogens is 118 g/mol. The van der Waals surface area contributed by atoms with Gasteiger partial charge in [-0.2, -0.15) is 5.26 Å². The molecule has 0 spiro atoms. The molecular formula is C6H5NS. The summed E-state index contributed by atoms with van der Waals surface area (Å²) >= 11 is 1.58. The first-order valence-electron chi connectivity index (χ1n) is 2.33. The van der Waals surface area contributed by atoms with Crippen molar-refractivity contribution in [2.24, 2.45) is 0 Å². The van der Waals surface area contributed by atoms with Crippen LogP contribution in [-0.4, -0.2) is 5.75 Å². The van der Waals surface area contributed by atoms with Crippen LogP contribution >= 0.6 is 11.8 Å². The van der Waals surface area contributed by atoms with E-state index < -0.39 is 0 Å². The standard InChI is InChI=1S/C6H5NS/c7-5-6-3-1-2-4-8-6/h1-3H,4H2. The van der Waals surface area contributed by atoms with E-state index in [1.165, 1.54) is 0 Å². The van der Waals surface area contributed by atoms with Gasteiger partial charge in [-0.25, -0.2) is 0 Å². The monoisotopic (exact) mass is 123 g/mol. The molecule has 8 heavy (non-hydrogen) atoms. The van der Waals surface area contributed by atoms with Gasteiger partial charge in [-0.1, -0.05) is 12.2 Å². The molecule has 1 rings (SSSR count). The van der Waals surface area contributed by atoms with Gasteiger partial charge in [-0.05, 0) is 6.08 Å². The molecule has 1 heterocycles. The molecule has 1 aliphatic rings. The van der Waals surface area contributed by atoms with Crippen molar-refractivity contribution in [3.63, 3.8) is 0 Å². The predicted molar refractivity (Wildman–Crippen MR) is 35.3 cm³/mol. The van der Waals surface area contributed by atoms with Gasteiger partial charge in [-0.3, -0.25) is 0 Å². The minimum Gasteiger partial charge on any atom is -0.192 e. The summed E-state index contributed by atoms with van der Waals surface area (Å²) in [6, 6.07) is 2.08. The van der Waals surface area contributed by atoms with Crippen LogP contribution in [0.25, 0.3) is 0 Å². The molecule has 0 fully saturated rings. The molecule has 1 aliphatic heterocycles. The van der Waals surface area contributed by atoms with E-state index >= 15 is 0 Å². The largest absolute Gasteiger partial charge is 0.192 e. The summed E-state index contributed by atoms with van der Waals surface area (Å²) in [5.74, 6) is 0.944. The zero-order valence-corrected chi connectivity index (χ0v) is 5.11. The normalized spacial score (nSPS) is 17.1. The average Bonchev–Trinajstić information content (AvgIpc) is 1.90. The van der Waals surface area contributed by atoms with Gasteiger partial charge in [0.1, 0.15) is 6.07 Å². The summed E-state index contributed by atoms with van der Waals surface area (Å²) in [4.78, 5) is 0.813. The van der Waals surface area contributed by atoms with Gasteiger partial charge in [0.25, 0.3) is 0 Å². The number of hydrogen-bond acceptors (Lipinski definition) is 2. The molecule has 0 bridgehead atoms. The summed E-state index contributed by atoms with van der Waals surface area (Å²) in [6.45, 7) is 0. The summed E-state index contributed by atoms with van der Waals surface area (Å²) in [6.07, 6.45) is 5.77. The molecule has 2 heteroatoms. The van der Waals surface area contributed by atoms with Gasteiger partial charge in [0.15, 0.2) is 0 Å². The highest BCUT2D eigenvalue weighted by molar-refractivity contribution is 8.03. The molecule has 0 saturated heterocycles. The van der Waals surface area contributed by atoms with Crippen LogP contribution in [0.4, 0.5) is 0 Å². The van der Waals surface area contributed by atoms with Crippen LogP contribution < -0.4 is 0 Å². The van der Waals surface area contributed by atoms with Crippen molar-refractivity contribution < 1.29 is 0 Å². The molecule has 0 amide bonds. The summed E-state index contributed by atoms with van der Waals surface area (Å²) < 4.78 is 0. The van der Waals surface area contributed by atoms with Crippen molar-refractivity contribution in [3.8, 4) is 6.07 Å². The maximum Gasteiger partial charge on any atom is 0.106 e. The van der Waals surface area contributed by atoms with Crippen LogP contribution in [-0.2, 0) is 0 Å². The number of hydrogen-bond donors (Lipinski definition) is 0. The molecule has 1 nitrogen and oxygen atoms in total. The van der Waals surface area contributed by atoms with E-state index in [2.05, 4.69) is 6.07 Å². The molecule has 0 aromatic heterocycles. The first-order valence-corrected chi connectivity index (χ1v) is 3.32. The highest BCUT2D eigenvalue weighted by Crippen LogP contribution is 2.17. The fourth-order valence-electron chi connectivity index (χ4n) is 0.467. The Kier molecular flexibility index (Phi) is 1.76. The Hall–Kier alpha value is -0.680. The maximum absolute atomic E-state index is 8.32. The lowest BCUT2D eigenvalue weighted by Crippen LogP contribution is -1.78. The van der Waals surface area contributed by atoms with Crippen molar-refractivity contribution in [2.75, 3.05) is 5.75 Å². The second-order valence-corrected chi connectivity index (χ2v) is 2.44. The lowest BCUT2D eigenvalue weighted by atomic mass is 10.4. The summed E-state index contributed by atoms with van der Waals surface area (Å²) in [5.41, 5.74) is 0. The van der Waals surface area contributed by atoms with Gasteiger partial charge in [0, 0.05) is 5.75 Å². The zero-order chi connectivity index (χ0) is 5.82. The number of rotatable bonds is 0. The number of nitrogens with zero attached hydrogens (tertiary/aromatic N) is 1. The van der Waals surface area contributed by atoms with Gasteiger partial charge in [-0.15, -0.1) is 11.8 Å². The molecule has 0 radical (unpaired) electrons. The Morgan fingerprint density at radius 3 is 3.00 bits per heavy atom. The Morgan fingerprint density at radius 2 is 2.62 bits per heavy atom. The fourth-order valence-corrected chi connectivity index (χ4v) is 1.09. The van der Waals surface area contributed by atoms with E-state index in [1.54, 1.807) is 11.8 Å². The predicted octanol–water partition coefficient (Wildman–Crippen LogP) is 1.70. The second-order valence-electron chi connectivity index (χ2n) is 1.38. The molecule has 0 aromatic rings. The second kappa shape index (κ2) is 2.58. The van der Waals surface area contributed by atoms with Crippen molar-refractivity contribution in [1.82, 2.24) is 0 Å². The van der Waals surface area contributed by atoms with Gasteiger partial charge < -0.3 is 0 Å². The van der Waals surface area contributed by atoms with E-state index in [4.69, 9.17) is 5.26 Å². The van der Waals surface area contributed by atoms with Gasteiger partial charge >= 0.3 is 0 Å². The van der Waals surface area contributed by atoms with Crippen molar-refractivity contribution >= 4 is 11.8 Å². The van der Waals surface area contributed by atoms with Crippen LogP contribution in [0.15, 0.2) is 23.1 Å². The Bertz CT molecular complexity index is 173. The van der Waals surface area contributed by atoms with Gasteiger partial charge in [0.2, 0.25) is 0 Å². The fraction of sp³-hybridized carbons (Fsp3) is 0.167. The molecule has 0 atom stereocenters. The van der Waals surface area contributed by atoms with E-state index in [0.717, 1.165) is 10.7 Å². The van der Waals surface area contributed by atoms with E-state index in [0.29, 0.717) is 0 Å². The Morgan fingerprint density at radius 1 is 1.75 bits per heavy atom. The topological polar surface area (TPSA) is 23.8 Å². The quantitative estimate of drug-likeness (QED) is 0.489. The van der Waals surface area contributed by atoms with Crippen LogP contribution in [0, 0.1) is 11.3 Å². The highest BCUT2D eigenvalue weighted by Gasteiger charge is 1.94. The first-order chi connectivity index (χ1) is 3.93. The van der Waals surface area contributed by atoms with Crippen LogP contribution in [0.1, 0.15) is 0 Å². The third kappa shape index (κ3) is 1.14. The van der Waals surface area contributed by atoms with Crippen LogP contribution in [0.5, 0.6) is 0 Å². The van der Waals surface area contributed by atoms with E-state index in [9.17, 15) is 0 Å². The maximum atomic E-state index is 8.32. The Labute approximate surface area is 52.7 Å². The third-order valence-electron chi connectivity index (χ3n) is 0.829. The molecule has 0 N–H and O–H groups in total. The molecule has 0 aliphatic carbocycles. The van der Waals surface area contributed by atoms with Crippen molar-refractivity contribution in [1.29, 1.82) is 5.26 Å². The summed E-state index contributed by atoms with van der Waals surface area (Å²) in [5, 5.41) is 8.32. The third-order valence-corrected chi connectivity index (χ3v) is 1.73. The average molecular weight is 123 g/mol. The number of nitriles is 1. The van der Waals surface area contributed by atoms with Crippen LogP contribution in [0.3, 0.4) is 0 Å². The van der Waals surface area contributed by atoms with E-state index in [1.807, 2.05) is 18.2 Å². The Balaban J connectivity index is 2.67. The minimum atomic E-state index is 0.813. The van der Waals surface area contributed by atoms with E-state index in [-0.39, 0.29) is 0 Å². The lowest BCUT2D eigenvalue weighted by molar-refractivity contribution is 1.52.